The first-order chi connectivity index (χ1) is 8.38. The van der Waals surface area contributed by atoms with E-state index >= 15 is 0 Å². The lowest BCUT2D eigenvalue weighted by atomic mass is 10.1. The van der Waals surface area contributed by atoms with Gasteiger partial charge < -0.3 is 4.74 Å². The van der Waals surface area contributed by atoms with Crippen molar-refractivity contribution in [2.75, 3.05) is 6.61 Å². The Labute approximate surface area is 98.8 Å². The molecule has 4 nitrogen and oxygen atoms in total. The molecule has 0 radical (unpaired) electrons. The van der Waals surface area contributed by atoms with Gasteiger partial charge in [0.1, 0.15) is 6.29 Å². The predicted octanol–water partition coefficient (Wildman–Crippen LogP) is 1.76. The number of nitrogens with zero attached hydrogens (tertiary/aromatic N) is 2. The molecule has 3 rings (SSSR count). The van der Waals surface area contributed by atoms with Crippen molar-refractivity contribution in [3.8, 4) is 5.69 Å². The van der Waals surface area contributed by atoms with Gasteiger partial charge in [0, 0.05) is 5.56 Å². The zero-order valence-corrected chi connectivity index (χ0v) is 9.30. The summed E-state index contributed by atoms with van der Waals surface area (Å²) in [4.78, 5) is 10.8. The van der Waals surface area contributed by atoms with Crippen LogP contribution in [0, 0.1) is 0 Å². The van der Waals surface area contributed by atoms with Crippen molar-refractivity contribution in [1.82, 2.24) is 9.78 Å². The maximum atomic E-state index is 10.8. The third-order valence-electron chi connectivity index (χ3n) is 2.96. The molecule has 0 unspecified atom stereocenters. The second-order valence-electron chi connectivity index (χ2n) is 4.04. The van der Waals surface area contributed by atoms with E-state index in [4.69, 9.17) is 4.74 Å². The fourth-order valence-corrected chi connectivity index (χ4v) is 2.07. The lowest BCUT2D eigenvalue weighted by Crippen LogP contribution is -2.12. The summed E-state index contributed by atoms with van der Waals surface area (Å²) in [7, 11) is 0. The Bertz CT molecular complexity index is 560. The zero-order valence-electron chi connectivity index (χ0n) is 9.30. The Morgan fingerprint density at radius 3 is 3.24 bits per heavy atom. The summed E-state index contributed by atoms with van der Waals surface area (Å²) in [5.74, 6) is 0. The van der Waals surface area contributed by atoms with Crippen LogP contribution in [-0.4, -0.2) is 22.7 Å². The van der Waals surface area contributed by atoms with Gasteiger partial charge in [0.2, 0.25) is 0 Å². The Kier molecular flexibility index (Phi) is 2.49. The predicted molar refractivity (Wildman–Crippen MR) is 62.3 cm³/mol. The summed E-state index contributed by atoms with van der Waals surface area (Å²) in [6, 6.07) is 7.41. The van der Waals surface area contributed by atoms with Crippen LogP contribution < -0.4 is 0 Å². The summed E-state index contributed by atoms with van der Waals surface area (Å²) >= 11 is 0. The molecule has 1 aliphatic rings. The molecule has 0 aliphatic carbocycles. The fraction of sp³-hybridized carbons (Fsp3) is 0.231. The van der Waals surface area contributed by atoms with E-state index in [0.717, 1.165) is 30.7 Å². The van der Waals surface area contributed by atoms with Gasteiger partial charge in [-0.1, -0.05) is 12.1 Å². The summed E-state index contributed by atoms with van der Waals surface area (Å²) in [6.07, 6.45) is 3.63. The van der Waals surface area contributed by atoms with Gasteiger partial charge in [0.15, 0.2) is 0 Å². The van der Waals surface area contributed by atoms with Gasteiger partial charge in [-0.25, -0.2) is 4.68 Å². The van der Waals surface area contributed by atoms with E-state index in [1.165, 1.54) is 5.56 Å². The van der Waals surface area contributed by atoms with E-state index < -0.39 is 0 Å². The number of hydrogen-bond acceptors (Lipinski definition) is 3. The maximum absolute atomic E-state index is 10.8. The molecule has 2 aromatic rings. The highest BCUT2D eigenvalue weighted by Crippen LogP contribution is 2.20. The van der Waals surface area contributed by atoms with Crippen molar-refractivity contribution in [2.24, 2.45) is 0 Å². The summed E-state index contributed by atoms with van der Waals surface area (Å²) in [5.41, 5.74) is 3.87. The SMILES string of the molecule is O=Cc1cccc(-n2ncc3c2COCC3)c1. The van der Waals surface area contributed by atoms with Gasteiger partial charge in [-0.2, -0.15) is 5.10 Å². The van der Waals surface area contributed by atoms with Gasteiger partial charge >= 0.3 is 0 Å². The number of hydrogen-bond donors (Lipinski definition) is 0. The summed E-state index contributed by atoms with van der Waals surface area (Å²) in [5, 5.41) is 4.36. The number of fused-ring (bicyclic) bond motifs is 1. The van der Waals surface area contributed by atoms with Crippen molar-refractivity contribution in [1.29, 1.82) is 0 Å². The number of benzene rings is 1. The van der Waals surface area contributed by atoms with E-state index in [2.05, 4.69) is 5.10 Å². The van der Waals surface area contributed by atoms with Gasteiger partial charge in [-0.05, 0) is 24.1 Å². The number of aldehydes is 1. The normalized spacial score (nSPS) is 14.4. The van der Waals surface area contributed by atoms with Crippen LogP contribution in [0.3, 0.4) is 0 Å². The highest BCUT2D eigenvalue weighted by atomic mass is 16.5. The summed E-state index contributed by atoms with van der Waals surface area (Å²) < 4.78 is 7.29. The minimum Gasteiger partial charge on any atom is -0.375 e. The molecular formula is C13H12N2O2. The number of carbonyl (C=O) groups is 1. The van der Waals surface area contributed by atoms with Gasteiger partial charge in [-0.3, -0.25) is 4.79 Å². The molecule has 17 heavy (non-hydrogen) atoms. The van der Waals surface area contributed by atoms with E-state index in [1.54, 1.807) is 6.07 Å². The third-order valence-corrected chi connectivity index (χ3v) is 2.96. The Morgan fingerprint density at radius 1 is 1.41 bits per heavy atom. The van der Waals surface area contributed by atoms with Crippen molar-refractivity contribution in [3.63, 3.8) is 0 Å². The smallest absolute Gasteiger partial charge is 0.150 e. The molecule has 4 heteroatoms. The molecule has 1 aromatic heterocycles. The van der Waals surface area contributed by atoms with Crippen LogP contribution in [0.15, 0.2) is 30.5 Å². The van der Waals surface area contributed by atoms with Crippen molar-refractivity contribution >= 4 is 6.29 Å². The first-order valence-corrected chi connectivity index (χ1v) is 5.57. The van der Waals surface area contributed by atoms with Crippen LogP contribution in [0.1, 0.15) is 21.6 Å². The Hall–Kier alpha value is -1.94. The molecule has 0 N–H and O–H groups in total. The Morgan fingerprint density at radius 2 is 2.35 bits per heavy atom. The lowest BCUT2D eigenvalue weighted by Gasteiger charge is -2.14. The maximum Gasteiger partial charge on any atom is 0.150 e. The van der Waals surface area contributed by atoms with Crippen LogP contribution >= 0.6 is 0 Å². The second kappa shape index (κ2) is 4.14. The van der Waals surface area contributed by atoms with Crippen LogP contribution in [0.4, 0.5) is 0 Å². The van der Waals surface area contributed by atoms with Gasteiger partial charge in [-0.15, -0.1) is 0 Å². The standard InChI is InChI=1S/C13H12N2O2/c16-8-10-2-1-3-12(6-10)15-13-9-17-5-4-11(13)7-14-15/h1-3,6-8H,4-5,9H2. The molecule has 1 aromatic carbocycles. The van der Waals surface area contributed by atoms with Crippen molar-refractivity contribution in [2.45, 2.75) is 13.0 Å². The third kappa shape index (κ3) is 1.76. The molecule has 0 fully saturated rings. The topological polar surface area (TPSA) is 44.1 Å². The average molecular weight is 228 g/mol. The summed E-state index contributed by atoms with van der Waals surface area (Å²) in [6.45, 7) is 1.34. The molecule has 0 bridgehead atoms. The van der Waals surface area contributed by atoms with Crippen LogP contribution in [0.2, 0.25) is 0 Å². The molecule has 2 heterocycles. The minimum absolute atomic E-state index is 0.584. The lowest BCUT2D eigenvalue weighted by molar-refractivity contribution is 0.106. The fourth-order valence-electron chi connectivity index (χ4n) is 2.07. The van der Waals surface area contributed by atoms with E-state index in [9.17, 15) is 4.79 Å². The minimum atomic E-state index is 0.584. The molecule has 0 atom stereocenters. The Balaban J connectivity index is 2.08. The van der Waals surface area contributed by atoms with Crippen molar-refractivity contribution < 1.29 is 9.53 Å². The number of carbonyl (C=O) groups excluding carboxylic acids is 1. The molecule has 1 aliphatic heterocycles. The monoisotopic (exact) mass is 228 g/mol. The largest absolute Gasteiger partial charge is 0.375 e. The first kappa shape index (κ1) is 10.2. The van der Waals surface area contributed by atoms with E-state index in [-0.39, 0.29) is 0 Å². The number of ether oxygens (including phenoxy) is 1. The quantitative estimate of drug-likeness (QED) is 0.736. The molecule has 0 spiro atoms. The van der Waals surface area contributed by atoms with Crippen LogP contribution in [0.25, 0.3) is 5.69 Å². The van der Waals surface area contributed by atoms with E-state index in [1.807, 2.05) is 29.1 Å². The molecule has 0 saturated heterocycles. The first-order valence-electron chi connectivity index (χ1n) is 5.57. The zero-order chi connectivity index (χ0) is 11.7. The van der Waals surface area contributed by atoms with Crippen LogP contribution in [0.5, 0.6) is 0 Å². The van der Waals surface area contributed by atoms with Crippen LogP contribution in [-0.2, 0) is 17.8 Å². The van der Waals surface area contributed by atoms with Crippen molar-refractivity contribution in [3.05, 3.63) is 47.3 Å². The van der Waals surface area contributed by atoms with Gasteiger partial charge in [0.05, 0.1) is 30.8 Å². The number of aromatic nitrogens is 2. The van der Waals surface area contributed by atoms with Gasteiger partial charge in [0.25, 0.3) is 0 Å². The highest BCUT2D eigenvalue weighted by molar-refractivity contribution is 5.75. The molecule has 86 valence electrons. The van der Waals surface area contributed by atoms with E-state index in [0.29, 0.717) is 12.2 Å². The molecule has 0 saturated carbocycles. The number of rotatable bonds is 2. The highest BCUT2D eigenvalue weighted by Gasteiger charge is 2.16. The molecular weight excluding hydrogens is 216 g/mol. The molecule has 0 amide bonds. The second-order valence-corrected chi connectivity index (χ2v) is 4.04. The average Bonchev–Trinajstić information content (AvgIpc) is 2.82.